The van der Waals surface area contributed by atoms with Crippen LogP contribution in [0.15, 0.2) is 30.6 Å². The van der Waals surface area contributed by atoms with Crippen molar-refractivity contribution in [2.24, 2.45) is 0 Å². The fraction of sp³-hybridized carbons (Fsp3) is 0.444. The standard InChI is InChI=1S/C18H23Cl2N5S/c1-2-25-13-15(11-22-25)10-21-18(26)24-7-5-23(6-8-24)12-14-3-4-16(19)17(20)9-14/h3-4,9,11,13H,2,5-8,10,12H2,1H3,(H,21,26). The molecule has 0 bridgehead atoms. The SMILES string of the molecule is CCn1cc(CNC(=S)N2CCN(Cc3ccc(Cl)c(Cl)c3)CC2)cn1. The summed E-state index contributed by atoms with van der Waals surface area (Å²) in [4.78, 5) is 4.63. The number of aromatic nitrogens is 2. The summed E-state index contributed by atoms with van der Waals surface area (Å²) >= 11 is 17.6. The van der Waals surface area contributed by atoms with Crippen molar-refractivity contribution in [1.29, 1.82) is 0 Å². The summed E-state index contributed by atoms with van der Waals surface area (Å²) in [6.45, 7) is 8.31. The number of hydrogen-bond donors (Lipinski definition) is 1. The van der Waals surface area contributed by atoms with Crippen molar-refractivity contribution in [2.45, 2.75) is 26.6 Å². The summed E-state index contributed by atoms with van der Waals surface area (Å²) in [7, 11) is 0. The molecule has 8 heteroatoms. The number of halogens is 2. The monoisotopic (exact) mass is 411 g/mol. The van der Waals surface area contributed by atoms with Crippen molar-refractivity contribution in [3.63, 3.8) is 0 Å². The number of hydrogen-bond acceptors (Lipinski definition) is 3. The highest BCUT2D eigenvalue weighted by Gasteiger charge is 2.19. The summed E-state index contributed by atoms with van der Waals surface area (Å²) in [6, 6.07) is 5.83. The Bertz CT molecular complexity index is 756. The van der Waals surface area contributed by atoms with Crippen LogP contribution in [0, 0.1) is 0 Å². The number of benzene rings is 1. The van der Waals surface area contributed by atoms with E-state index in [4.69, 9.17) is 35.4 Å². The zero-order valence-electron chi connectivity index (χ0n) is 14.8. The van der Waals surface area contributed by atoms with Crippen LogP contribution in [0.5, 0.6) is 0 Å². The molecule has 1 fully saturated rings. The molecule has 0 amide bonds. The van der Waals surface area contributed by atoms with Crippen LogP contribution in [0.1, 0.15) is 18.1 Å². The molecule has 3 rings (SSSR count). The molecule has 0 atom stereocenters. The summed E-state index contributed by atoms with van der Waals surface area (Å²) in [5.41, 5.74) is 2.33. The molecule has 0 aliphatic carbocycles. The van der Waals surface area contributed by atoms with Crippen LogP contribution in [0.2, 0.25) is 10.0 Å². The van der Waals surface area contributed by atoms with E-state index in [0.717, 1.165) is 49.9 Å². The van der Waals surface area contributed by atoms with Crippen LogP contribution in [-0.2, 0) is 19.6 Å². The second kappa shape index (κ2) is 9.04. The highest BCUT2D eigenvalue weighted by atomic mass is 35.5. The Morgan fingerprint density at radius 2 is 1.92 bits per heavy atom. The van der Waals surface area contributed by atoms with Gasteiger partial charge in [0.25, 0.3) is 0 Å². The van der Waals surface area contributed by atoms with Gasteiger partial charge in [0.2, 0.25) is 0 Å². The van der Waals surface area contributed by atoms with Crippen LogP contribution in [0.4, 0.5) is 0 Å². The minimum absolute atomic E-state index is 0.598. The number of piperazine rings is 1. The second-order valence-corrected chi connectivity index (χ2v) is 7.58. The van der Waals surface area contributed by atoms with E-state index in [1.165, 1.54) is 5.56 Å². The number of aryl methyl sites for hydroxylation is 1. The maximum Gasteiger partial charge on any atom is 0.169 e. The number of nitrogens with one attached hydrogen (secondary N) is 1. The Morgan fingerprint density at radius 3 is 2.58 bits per heavy atom. The maximum absolute atomic E-state index is 6.10. The Morgan fingerprint density at radius 1 is 1.15 bits per heavy atom. The van der Waals surface area contributed by atoms with Crippen molar-refractivity contribution in [2.75, 3.05) is 26.2 Å². The van der Waals surface area contributed by atoms with Gasteiger partial charge in [0.15, 0.2) is 5.11 Å². The molecule has 0 unspecified atom stereocenters. The van der Waals surface area contributed by atoms with E-state index in [9.17, 15) is 0 Å². The Balaban J connectivity index is 1.43. The average Bonchev–Trinajstić information content (AvgIpc) is 3.11. The molecule has 1 N–H and O–H groups in total. The summed E-state index contributed by atoms with van der Waals surface area (Å²) in [5, 5.41) is 9.64. The summed E-state index contributed by atoms with van der Waals surface area (Å²) in [5.74, 6) is 0. The molecule has 0 saturated carbocycles. The lowest BCUT2D eigenvalue weighted by Gasteiger charge is -2.36. The number of nitrogens with zero attached hydrogens (tertiary/aromatic N) is 4. The Labute approximate surface area is 169 Å². The molecule has 1 aromatic heterocycles. The molecule has 1 aliphatic heterocycles. The first kappa shape index (κ1) is 19.4. The largest absolute Gasteiger partial charge is 0.358 e. The van der Waals surface area contributed by atoms with Gasteiger partial charge in [-0.15, -0.1) is 0 Å². The molecule has 1 saturated heterocycles. The van der Waals surface area contributed by atoms with E-state index in [1.54, 1.807) is 0 Å². The molecular weight excluding hydrogens is 389 g/mol. The maximum atomic E-state index is 6.10. The van der Waals surface area contributed by atoms with Gasteiger partial charge in [-0.3, -0.25) is 9.58 Å². The first-order valence-corrected chi connectivity index (χ1v) is 9.92. The minimum atomic E-state index is 0.598. The molecule has 1 aromatic carbocycles. The summed E-state index contributed by atoms with van der Waals surface area (Å²) < 4.78 is 1.92. The van der Waals surface area contributed by atoms with Crippen LogP contribution in [-0.4, -0.2) is 50.9 Å². The second-order valence-electron chi connectivity index (χ2n) is 6.37. The normalized spacial score (nSPS) is 15.3. The lowest BCUT2D eigenvalue weighted by atomic mass is 10.2. The Kier molecular flexibility index (Phi) is 6.75. The first-order chi connectivity index (χ1) is 12.5. The zero-order chi connectivity index (χ0) is 18.5. The first-order valence-electron chi connectivity index (χ1n) is 8.75. The van der Waals surface area contributed by atoms with Gasteiger partial charge in [-0.05, 0) is 36.8 Å². The van der Waals surface area contributed by atoms with E-state index in [2.05, 4.69) is 27.1 Å². The topological polar surface area (TPSA) is 36.3 Å². The van der Waals surface area contributed by atoms with Gasteiger partial charge in [-0.25, -0.2) is 0 Å². The fourth-order valence-corrected chi connectivity index (χ4v) is 3.54. The van der Waals surface area contributed by atoms with E-state index < -0.39 is 0 Å². The third kappa shape index (κ3) is 5.10. The predicted molar refractivity (Wildman–Crippen MR) is 111 cm³/mol. The molecule has 2 aromatic rings. The van der Waals surface area contributed by atoms with E-state index >= 15 is 0 Å². The van der Waals surface area contributed by atoms with Gasteiger partial charge in [0, 0.05) is 57.6 Å². The minimum Gasteiger partial charge on any atom is -0.358 e. The molecule has 0 radical (unpaired) electrons. The number of rotatable bonds is 5. The molecular formula is C18H23Cl2N5S. The molecule has 26 heavy (non-hydrogen) atoms. The van der Waals surface area contributed by atoms with Gasteiger partial charge in [0.05, 0.1) is 16.2 Å². The molecule has 2 heterocycles. The van der Waals surface area contributed by atoms with Crippen molar-refractivity contribution in [1.82, 2.24) is 24.9 Å². The molecule has 5 nitrogen and oxygen atoms in total. The van der Waals surface area contributed by atoms with E-state index in [1.807, 2.05) is 35.3 Å². The highest BCUT2D eigenvalue weighted by molar-refractivity contribution is 7.80. The third-order valence-electron chi connectivity index (χ3n) is 4.50. The molecule has 0 spiro atoms. The van der Waals surface area contributed by atoms with Gasteiger partial charge < -0.3 is 10.2 Å². The highest BCUT2D eigenvalue weighted by Crippen LogP contribution is 2.23. The smallest absolute Gasteiger partial charge is 0.169 e. The quantitative estimate of drug-likeness (QED) is 0.762. The lowest BCUT2D eigenvalue weighted by Crippen LogP contribution is -2.51. The molecule has 140 valence electrons. The third-order valence-corrected chi connectivity index (χ3v) is 5.65. The van der Waals surface area contributed by atoms with Gasteiger partial charge >= 0.3 is 0 Å². The molecule has 1 aliphatic rings. The van der Waals surface area contributed by atoms with Crippen LogP contribution < -0.4 is 5.32 Å². The van der Waals surface area contributed by atoms with Crippen molar-refractivity contribution in [3.8, 4) is 0 Å². The number of thiocarbonyl (C=S) groups is 1. The van der Waals surface area contributed by atoms with Crippen LogP contribution >= 0.6 is 35.4 Å². The van der Waals surface area contributed by atoms with Gasteiger partial charge in [0.1, 0.15) is 0 Å². The van der Waals surface area contributed by atoms with Crippen molar-refractivity contribution < 1.29 is 0 Å². The van der Waals surface area contributed by atoms with Gasteiger partial charge in [-0.1, -0.05) is 29.3 Å². The predicted octanol–water partition coefficient (Wildman–Crippen LogP) is 3.40. The van der Waals surface area contributed by atoms with Gasteiger partial charge in [-0.2, -0.15) is 5.10 Å². The van der Waals surface area contributed by atoms with Crippen molar-refractivity contribution >= 4 is 40.5 Å². The lowest BCUT2D eigenvalue weighted by molar-refractivity contribution is 0.174. The fourth-order valence-electron chi connectivity index (χ4n) is 2.97. The van der Waals surface area contributed by atoms with Crippen LogP contribution in [0.3, 0.4) is 0 Å². The average molecular weight is 412 g/mol. The van der Waals surface area contributed by atoms with Crippen LogP contribution in [0.25, 0.3) is 0 Å². The Hall–Kier alpha value is -1.34. The summed E-state index contributed by atoms with van der Waals surface area (Å²) in [6.07, 6.45) is 3.93. The van der Waals surface area contributed by atoms with E-state index in [0.29, 0.717) is 16.6 Å². The zero-order valence-corrected chi connectivity index (χ0v) is 17.1. The van der Waals surface area contributed by atoms with E-state index in [-0.39, 0.29) is 0 Å². The van der Waals surface area contributed by atoms with Crippen molar-refractivity contribution in [3.05, 3.63) is 51.8 Å².